The zero-order valence-electron chi connectivity index (χ0n) is 9.88. The number of hydrogen-bond acceptors (Lipinski definition) is 2. The first-order chi connectivity index (χ1) is 8.53. The number of aliphatic carboxylic acids is 1. The summed E-state index contributed by atoms with van der Waals surface area (Å²) in [6.45, 7) is 0.745. The van der Waals surface area contributed by atoms with Gasteiger partial charge in [-0.3, -0.25) is 4.79 Å². The van der Waals surface area contributed by atoms with Crippen LogP contribution in [0.5, 0.6) is 0 Å². The first kappa shape index (κ1) is 13.5. The van der Waals surface area contributed by atoms with Crippen molar-refractivity contribution in [3.63, 3.8) is 0 Å². The first-order valence-electron chi connectivity index (χ1n) is 5.92. The lowest BCUT2D eigenvalue weighted by molar-refractivity contribution is -0.154. The summed E-state index contributed by atoms with van der Waals surface area (Å²) in [5, 5.41) is 12.2. The lowest BCUT2D eigenvalue weighted by Gasteiger charge is -2.37. The Kier molecular flexibility index (Phi) is 4.02. The summed E-state index contributed by atoms with van der Waals surface area (Å²) in [7, 11) is 0. The molecule has 0 bridgehead atoms. The van der Waals surface area contributed by atoms with Gasteiger partial charge in [0, 0.05) is 23.1 Å². The molecule has 98 valence electrons. The molecule has 1 aromatic rings. The number of nitrogens with one attached hydrogen (secondary N) is 1. The van der Waals surface area contributed by atoms with Crippen LogP contribution in [0.2, 0.25) is 0 Å². The molecule has 0 aromatic heterocycles. The van der Waals surface area contributed by atoms with Crippen molar-refractivity contribution in [1.82, 2.24) is 5.32 Å². The Hall–Kier alpha value is -0.940. The molecule has 5 heteroatoms. The third kappa shape index (κ3) is 2.72. The van der Waals surface area contributed by atoms with Crippen molar-refractivity contribution in [3.8, 4) is 0 Å². The second-order valence-electron chi connectivity index (χ2n) is 4.78. The average molecular weight is 316 g/mol. The van der Waals surface area contributed by atoms with Crippen molar-refractivity contribution in [2.45, 2.75) is 25.8 Å². The molecule has 2 rings (SSSR count). The van der Waals surface area contributed by atoms with Crippen LogP contribution in [0, 0.1) is 11.2 Å². The van der Waals surface area contributed by atoms with Gasteiger partial charge >= 0.3 is 5.97 Å². The smallest absolute Gasteiger partial charge is 0.310 e. The van der Waals surface area contributed by atoms with Gasteiger partial charge in [0.05, 0.1) is 5.41 Å². The lowest BCUT2D eigenvalue weighted by atomic mass is 9.69. The van der Waals surface area contributed by atoms with Crippen LogP contribution in [0.25, 0.3) is 0 Å². The van der Waals surface area contributed by atoms with Crippen LogP contribution in [-0.4, -0.2) is 17.6 Å². The molecule has 0 heterocycles. The standard InChI is InChI=1S/C13H15BrFNO2/c14-10-2-3-11(15)9(6-10)7-16-8-13(12(17)18)4-1-5-13/h2-3,6,16H,1,4-5,7-8H2,(H,17,18). The van der Waals surface area contributed by atoms with Crippen molar-refractivity contribution in [2.24, 2.45) is 5.41 Å². The van der Waals surface area contributed by atoms with Gasteiger partial charge in [-0.15, -0.1) is 0 Å². The highest BCUT2D eigenvalue weighted by Gasteiger charge is 2.43. The van der Waals surface area contributed by atoms with Crippen LogP contribution >= 0.6 is 15.9 Å². The number of benzene rings is 1. The minimum Gasteiger partial charge on any atom is -0.481 e. The molecule has 1 aromatic carbocycles. The van der Waals surface area contributed by atoms with Gasteiger partial charge in [-0.05, 0) is 31.0 Å². The molecule has 0 saturated heterocycles. The maximum atomic E-state index is 13.5. The Morgan fingerprint density at radius 1 is 1.50 bits per heavy atom. The summed E-state index contributed by atoms with van der Waals surface area (Å²) < 4.78 is 14.3. The van der Waals surface area contributed by atoms with Gasteiger partial charge in [0.2, 0.25) is 0 Å². The van der Waals surface area contributed by atoms with Gasteiger partial charge in [0.1, 0.15) is 5.82 Å². The highest BCUT2D eigenvalue weighted by atomic mass is 79.9. The molecule has 0 spiro atoms. The summed E-state index contributed by atoms with van der Waals surface area (Å²) in [6, 6.07) is 4.75. The summed E-state index contributed by atoms with van der Waals surface area (Å²) >= 11 is 3.29. The minimum atomic E-state index is -0.754. The van der Waals surface area contributed by atoms with Crippen molar-refractivity contribution in [3.05, 3.63) is 34.1 Å². The van der Waals surface area contributed by atoms with Gasteiger partial charge in [-0.1, -0.05) is 22.4 Å². The predicted octanol–water partition coefficient (Wildman–Crippen LogP) is 2.93. The zero-order chi connectivity index (χ0) is 13.2. The molecular formula is C13H15BrFNO2. The van der Waals surface area contributed by atoms with Crippen LogP contribution in [0.3, 0.4) is 0 Å². The summed E-state index contributed by atoms with van der Waals surface area (Å²) in [4.78, 5) is 11.1. The average Bonchev–Trinajstić information content (AvgIpc) is 2.26. The monoisotopic (exact) mass is 315 g/mol. The fourth-order valence-electron chi connectivity index (χ4n) is 2.19. The fourth-order valence-corrected chi connectivity index (χ4v) is 2.59. The van der Waals surface area contributed by atoms with E-state index in [9.17, 15) is 9.18 Å². The molecule has 0 amide bonds. The van der Waals surface area contributed by atoms with Crippen LogP contribution < -0.4 is 5.32 Å². The van der Waals surface area contributed by atoms with Crippen molar-refractivity contribution < 1.29 is 14.3 Å². The van der Waals surface area contributed by atoms with Crippen molar-refractivity contribution in [2.75, 3.05) is 6.54 Å². The molecule has 0 aliphatic heterocycles. The van der Waals surface area contributed by atoms with Gasteiger partial charge in [0.25, 0.3) is 0 Å². The number of halogens is 2. The summed E-state index contributed by atoms with van der Waals surface area (Å²) in [5.74, 6) is -1.03. The molecule has 1 aliphatic rings. The predicted molar refractivity (Wildman–Crippen MR) is 69.7 cm³/mol. The van der Waals surface area contributed by atoms with E-state index in [0.717, 1.165) is 10.9 Å². The second-order valence-corrected chi connectivity index (χ2v) is 5.69. The number of carbonyl (C=O) groups is 1. The Labute approximate surface area is 114 Å². The highest BCUT2D eigenvalue weighted by Crippen LogP contribution is 2.40. The number of carboxylic acids is 1. The number of hydrogen-bond donors (Lipinski definition) is 2. The molecule has 0 atom stereocenters. The molecule has 3 nitrogen and oxygen atoms in total. The van der Waals surface area contributed by atoms with E-state index in [4.69, 9.17) is 5.11 Å². The maximum absolute atomic E-state index is 13.5. The van der Waals surface area contributed by atoms with Gasteiger partial charge < -0.3 is 10.4 Å². The Balaban J connectivity index is 1.92. The van der Waals surface area contributed by atoms with E-state index >= 15 is 0 Å². The zero-order valence-corrected chi connectivity index (χ0v) is 11.5. The first-order valence-corrected chi connectivity index (χ1v) is 6.71. The fraction of sp³-hybridized carbons (Fsp3) is 0.462. The van der Waals surface area contributed by atoms with Gasteiger partial charge in [-0.25, -0.2) is 4.39 Å². The normalized spacial score (nSPS) is 17.2. The molecule has 0 radical (unpaired) electrons. The van der Waals surface area contributed by atoms with E-state index in [-0.39, 0.29) is 5.82 Å². The third-order valence-corrected chi connectivity index (χ3v) is 4.04. The Morgan fingerprint density at radius 3 is 2.78 bits per heavy atom. The van der Waals surface area contributed by atoms with E-state index < -0.39 is 11.4 Å². The molecular weight excluding hydrogens is 301 g/mol. The van der Waals surface area contributed by atoms with Crippen LogP contribution in [-0.2, 0) is 11.3 Å². The number of carboxylic acid groups (broad SMARTS) is 1. The van der Waals surface area contributed by atoms with E-state index in [0.29, 0.717) is 31.5 Å². The number of rotatable bonds is 5. The van der Waals surface area contributed by atoms with Crippen molar-refractivity contribution >= 4 is 21.9 Å². The Morgan fingerprint density at radius 2 is 2.22 bits per heavy atom. The molecule has 0 unspecified atom stereocenters. The van der Waals surface area contributed by atoms with Gasteiger partial charge in [-0.2, -0.15) is 0 Å². The molecule has 2 N–H and O–H groups in total. The molecule has 1 fully saturated rings. The summed E-state index contributed by atoms with van der Waals surface area (Å²) in [5.41, 5.74) is -0.0908. The molecule has 18 heavy (non-hydrogen) atoms. The largest absolute Gasteiger partial charge is 0.481 e. The maximum Gasteiger partial charge on any atom is 0.310 e. The highest BCUT2D eigenvalue weighted by molar-refractivity contribution is 9.10. The van der Waals surface area contributed by atoms with Gasteiger partial charge in [0.15, 0.2) is 0 Å². The molecule has 1 saturated carbocycles. The summed E-state index contributed by atoms with van der Waals surface area (Å²) in [6.07, 6.45) is 2.37. The quantitative estimate of drug-likeness (QED) is 0.878. The van der Waals surface area contributed by atoms with E-state index in [2.05, 4.69) is 21.2 Å². The lowest BCUT2D eigenvalue weighted by Crippen LogP contribution is -2.46. The third-order valence-electron chi connectivity index (χ3n) is 3.55. The van der Waals surface area contributed by atoms with Crippen LogP contribution in [0.1, 0.15) is 24.8 Å². The van der Waals surface area contributed by atoms with Crippen molar-refractivity contribution in [1.29, 1.82) is 0 Å². The molecule has 1 aliphatic carbocycles. The Bertz CT molecular complexity index is 460. The van der Waals surface area contributed by atoms with Crippen LogP contribution in [0.4, 0.5) is 4.39 Å². The van der Waals surface area contributed by atoms with E-state index in [1.807, 2.05) is 0 Å². The minimum absolute atomic E-state index is 0.274. The second kappa shape index (κ2) is 5.36. The van der Waals surface area contributed by atoms with E-state index in [1.165, 1.54) is 6.07 Å². The SMILES string of the molecule is O=C(O)C1(CNCc2cc(Br)ccc2F)CCC1. The van der Waals surface area contributed by atoms with E-state index in [1.54, 1.807) is 12.1 Å². The van der Waals surface area contributed by atoms with Crippen LogP contribution in [0.15, 0.2) is 22.7 Å². The topological polar surface area (TPSA) is 49.3 Å².